The first kappa shape index (κ1) is 21.8. The first-order valence-electron chi connectivity index (χ1n) is 10.9. The zero-order valence-corrected chi connectivity index (χ0v) is 16.4. The van der Waals surface area contributed by atoms with E-state index in [1.807, 2.05) is 13.0 Å². The lowest BCUT2D eigenvalue weighted by Crippen LogP contribution is -2.31. The summed E-state index contributed by atoms with van der Waals surface area (Å²) in [5, 5.41) is 0. The van der Waals surface area contributed by atoms with Gasteiger partial charge in [0, 0.05) is 13.0 Å². The Morgan fingerprint density at radius 3 is 2.19 bits per heavy atom. The Balaban J connectivity index is 1.70. The van der Waals surface area contributed by atoms with Crippen LogP contribution < -0.4 is 0 Å². The van der Waals surface area contributed by atoms with E-state index in [0.717, 1.165) is 37.5 Å². The molecule has 0 aromatic heterocycles. The average molecular weight is 375 g/mol. The summed E-state index contributed by atoms with van der Waals surface area (Å²) in [7, 11) is 0. The summed E-state index contributed by atoms with van der Waals surface area (Å²) in [6, 6.07) is 0. The standard InChI is InChI=1S/C22H37F3O/c1-2-3-7-17-26-21(22(23,24)25)12-8-9-18-13-15-20(16-14-18)19-10-5-4-6-11-19/h8-9,18-21H,2-7,10-17H2,1H3/t18-,20-,21?. The van der Waals surface area contributed by atoms with Gasteiger partial charge in [-0.3, -0.25) is 0 Å². The highest BCUT2D eigenvalue weighted by molar-refractivity contribution is 4.94. The van der Waals surface area contributed by atoms with Crippen molar-refractivity contribution in [1.82, 2.24) is 0 Å². The van der Waals surface area contributed by atoms with Crippen molar-refractivity contribution in [2.75, 3.05) is 6.61 Å². The van der Waals surface area contributed by atoms with Crippen molar-refractivity contribution in [2.45, 2.75) is 103 Å². The van der Waals surface area contributed by atoms with Gasteiger partial charge in [-0.1, -0.05) is 64.0 Å². The Labute approximate surface area is 157 Å². The number of unbranched alkanes of at least 4 members (excludes halogenated alkanes) is 2. The summed E-state index contributed by atoms with van der Waals surface area (Å²) in [4.78, 5) is 0. The summed E-state index contributed by atoms with van der Waals surface area (Å²) >= 11 is 0. The molecule has 0 N–H and O–H groups in total. The van der Waals surface area contributed by atoms with Crippen LogP contribution in [0.4, 0.5) is 13.2 Å². The van der Waals surface area contributed by atoms with Gasteiger partial charge in [-0.05, 0) is 49.9 Å². The third-order valence-corrected chi connectivity index (χ3v) is 6.32. The molecule has 2 aliphatic carbocycles. The highest BCUT2D eigenvalue weighted by atomic mass is 19.4. The van der Waals surface area contributed by atoms with E-state index in [1.165, 1.54) is 44.9 Å². The molecule has 2 fully saturated rings. The highest BCUT2D eigenvalue weighted by Crippen LogP contribution is 2.40. The van der Waals surface area contributed by atoms with Crippen LogP contribution in [0.25, 0.3) is 0 Å². The van der Waals surface area contributed by atoms with Crippen LogP contribution in [-0.2, 0) is 4.74 Å². The second-order valence-electron chi connectivity index (χ2n) is 8.34. The predicted octanol–water partition coefficient (Wildman–Crippen LogP) is 7.46. The molecule has 2 rings (SSSR count). The van der Waals surface area contributed by atoms with Crippen LogP contribution in [0.3, 0.4) is 0 Å². The molecule has 2 aliphatic rings. The van der Waals surface area contributed by atoms with Gasteiger partial charge in [-0.25, -0.2) is 0 Å². The lowest BCUT2D eigenvalue weighted by molar-refractivity contribution is -0.219. The molecule has 0 radical (unpaired) electrons. The van der Waals surface area contributed by atoms with E-state index in [4.69, 9.17) is 4.74 Å². The van der Waals surface area contributed by atoms with Gasteiger partial charge in [0.05, 0.1) is 0 Å². The van der Waals surface area contributed by atoms with Crippen LogP contribution in [0.15, 0.2) is 12.2 Å². The van der Waals surface area contributed by atoms with Gasteiger partial charge in [0.15, 0.2) is 6.10 Å². The van der Waals surface area contributed by atoms with Crippen molar-refractivity contribution in [3.63, 3.8) is 0 Å². The van der Waals surface area contributed by atoms with Gasteiger partial charge < -0.3 is 4.74 Å². The second-order valence-corrected chi connectivity index (χ2v) is 8.34. The molecular weight excluding hydrogens is 337 g/mol. The minimum Gasteiger partial charge on any atom is -0.368 e. The molecule has 0 saturated heterocycles. The summed E-state index contributed by atoms with van der Waals surface area (Å²) < 4.78 is 44.4. The molecule has 0 aliphatic heterocycles. The second kappa shape index (κ2) is 11.4. The monoisotopic (exact) mass is 374 g/mol. The van der Waals surface area contributed by atoms with Gasteiger partial charge in [0.2, 0.25) is 0 Å². The van der Waals surface area contributed by atoms with Crippen LogP contribution in [-0.4, -0.2) is 18.9 Å². The summed E-state index contributed by atoms with van der Waals surface area (Å²) in [6.45, 7) is 2.24. The molecule has 26 heavy (non-hydrogen) atoms. The largest absolute Gasteiger partial charge is 0.414 e. The fourth-order valence-corrected chi connectivity index (χ4v) is 4.68. The molecule has 1 nitrogen and oxygen atoms in total. The maximum absolute atomic E-state index is 13.1. The third kappa shape index (κ3) is 7.62. The number of rotatable bonds is 9. The number of hydrogen-bond donors (Lipinski definition) is 0. The fraction of sp³-hybridized carbons (Fsp3) is 0.909. The fourth-order valence-electron chi connectivity index (χ4n) is 4.68. The van der Waals surface area contributed by atoms with E-state index in [2.05, 4.69) is 0 Å². The van der Waals surface area contributed by atoms with Gasteiger partial charge in [-0.2, -0.15) is 13.2 Å². The third-order valence-electron chi connectivity index (χ3n) is 6.32. The van der Waals surface area contributed by atoms with Crippen molar-refractivity contribution >= 4 is 0 Å². The van der Waals surface area contributed by atoms with Gasteiger partial charge in [0.1, 0.15) is 0 Å². The summed E-state index contributed by atoms with van der Waals surface area (Å²) in [5.74, 6) is 2.24. The van der Waals surface area contributed by atoms with Crippen molar-refractivity contribution in [3.8, 4) is 0 Å². The van der Waals surface area contributed by atoms with E-state index >= 15 is 0 Å². The molecule has 0 aromatic carbocycles. The molecule has 0 bridgehead atoms. The maximum Gasteiger partial charge on any atom is 0.414 e. The molecule has 152 valence electrons. The number of ether oxygens (including phenoxy) is 1. The highest BCUT2D eigenvalue weighted by Gasteiger charge is 2.39. The summed E-state index contributed by atoms with van der Waals surface area (Å²) in [6.07, 6.45) is 12.2. The van der Waals surface area contributed by atoms with Crippen LogP contribution >= 0.6 is 0 Å². The van der Waals surface area contributed by atoms with Gasteiger partial charge in [-0.15, -0.1) is 0 Å². The molecule has 0 amide bonds. The summed E-state index contributed by atoms with van der Waals surface area (Å²) in [5.41, 5.74) is 0. The maximum atomic E-state index is 13.1. The number of hydrogen-bond acceptors (Lipinski definition) is 1. The smallest absolute Gasteiger partial charge is 0.368 e. The van der Waals surface area contributed by atoms with Crippen LogP contribution in [0, 0.1) is 17.8 Å². The van der Waals surface area contributed by atoms with Crippen LogP contribution in [0.1, 0.15) is 90.4 Å². The quantitative estimate of drug-likeness (QED) is 0.301. The van der Waals surface area contributed by atoms with Gasteiger partial charge >= 0.3 is 6.18 Å². The predicted molar refractivity (Wildman–Crippen MR) is 101 cm³/mol. The molecule has 4 heteroatoms. The lowest BCUT2D eigenvalue weighted by Gasteiger charge is -2.35. The van der Waals surface area contributed by atoms with E-state index in [1.54, 1.807) is 6.08 Å². The zero-order chi connectivity index (χ0) is 18.8. The first-order valence-corrected chi connectivity index (χ1v) is 10.9. The van der Waals surface area contributed by atoms with Crippen molar-refractivity contribution in [3.05, 3.63) is 12.2 Å². The lowest BCUT2D eigenvalue weighted by atomic mass is 9.71. The van der Waals surface area contributed by atoms with E-state index in [-0.39, 0.29) is 13.0 Å². The number of alkyl halides is 3. The normalized spacial score (nSPS) is 27.1. The van der Waals surface area contributed by atoms with Crippen molar-refractivity contribution < 1.29 is 17.9 Å². The van der Waals surface area contributed by atoms with Crippen LogP contribution in [0.5, 0.6) is 0 Å². The Bertz CT molecular complexity index is 391. The number of allylic oxidation sites excluding steroid dienone is 1. The molecule has 0 aromatic rings. The Kier molecular flexibility index (Phi) is 9.52. The van der Waals surface area contributed by atoms with E-state index in [9.17, 15) is 13.2 Å². The zero-order valence-electron chi connectivity index (χ0n) is 16.4. The van der Waals surface area contributed by atoms with Crippen molar-refractivity contribution in [2.24, 2.45) is 17.8 Å². The first-order chi connectivity index (χ1) is 12.5. The molecular formula is C22H37F3O. The van der Waals surface area contributed by atoms with E-state index < -0.39 is 12.3 Å². The Hall–Kier alpha value is -0.510. The minimum absolute atomic E-state index is 0.0435. The van der Waals surface area contributed by atoms with E-state index in [0.29, 0.717) is 12.3 Å². The van der Waals surface area contributed by atoms with Crippen LogP contribution in [0.2, 0.25) is 0 Å². The number of halogens is 3. The average Bonchev–Trinajstić information content (AvgIpc) is 2.64. The molecule has 1 atom stereocenters. The molecule has 2 saturated carbocycles. The Morgan fingerprint density at radius 2 is 1.58 bits per heavy atom. The minimum atomic E-state index is -4.27. The SMILES string of the molecule is CCCCCOC(CC=C[C@H]1CC[C@H](C2CCCCC2)CC1)C(F)(F)F. The topological polar surface area (TPSA) is 9.23 Å². The Morgan fingerprint density at radius 1 is 0.923 bits per heavy atom. The molecule has 0 spiro atoms. The van der Waals surface area contributed by atoms with Crippen molar-refractivity contribution in [1.29, 1.82) is 0 Å². The van der Waals surface area contributed by atoms with Gasteiger partial charge in [0.25, 0.3) is 0 Å². The molecule has 1 unspecified atom stereocenters. The molecule has 0 heterocycles.